The molecule has 0 unspecified atom stereocenters. The first-order valence-electron chi connectivity index (χ1n) is 8.55. The van der Waals surface area contributed by atoms with Gasteiger partial charge in [-0.05, 0) is 37.3 Å². The number of rotatable bonds is 8. The minimum atomic E-state index is -0.0266. The molecule has 3 aromatic rings. The lowest BCUT2D eigenvalue weighted by Crippen LogP contribution is -2.00. The van der Waals surface area contributed by atoms with Crippen LogP contribution in [0.3, 0.4) is 0 Å². The van der Waals surface area contributed by atoms with Crippen molar-refractivity contribution in [3.8, 4) is 33.6 Å². The summed E-state index contributed by atoms with van der Waals surface area (Å²) in [6.45, 7) is 1.79. The number of ether oxygens (including phenoxy) is 4. The molecule has 0 aliphatic heterocycles. The van der Waals surface area contributed by atoms with Gasteiger partial charge < -0.3 is 18.9 Å². The van der Waals surface area contributed by atoms with Crippen molar-refractivity contribution in [2.45, 2.75) is 13.5 Å². The predicted octanol–water partition coefficient (Wildman–Crippen LogP) is 4.62. The average molecular weight is 399 g/mol. The maximum atomic E-state index is 11.5. The van der Waals surface area contributed by atoms with Crippen molar-refractivity contribution in [3.63, 3.8) is 0 Å². The number of ketones is 1. The second-order valence-corrected chi connectivity index (χ2v) is 6.75. The third-order valence-corrected chi connectivity index (χ3v) is 5.06. The van der Waals surface area contributed by atoms with E-state index in [2.05, 4.69) is 4.98 Å². The Kier molecular flexibility index (Phi) is 6.16. The number of benzene rings is 2. The Bertz CT molecular complexity index is 983. The van der Waals surface area contributed by atoms with E-state index in [1.54, 1.807) is 39.5 Å². The molecule has 7 heteroatoms. The van der Waals surface area contributed by atoms with Gasteiger partial charge in [-0.2, -0.15) is 0 Å². The van der Waals surface area contributed by atoms with Gasteiger partial charge in [-0.3, -0.25) is 4.79 Å². The largest absolute Gasteiger partial charge is 0.493 e. The Morgan fingerprint density at radius 1 is 1.00 bits per heavy atom. The van der Waals surface area contributed by atoms with E-state index in [0.717, 1.165) is 16.3 Å². The quantitative estimate of drug-likeness (QED) is 0.515. The van der Waals surface area contributed by atoms with Gasteiger partial charge in [0.1, 0.15) is 11.6 Å². The van der Waals surface area contributed by atoms with Crippen LogP contribution >= 0.6 is 11.3 Å². The molecule has 28 heavy (non-hydrogen) atoms. The molecule has 3 rings (SSSR count). The number of hydrogen-bond donors (Lipinski definition) is 0. The van der Waals surface area contributed by atoms with E-state index in [0.29, 0.717) is 28.6 Å². The maximum absolute atomic E-state index is 11.5. The Balaban J connectivity index is 1.79. The maximum Gasteiger partial charge on any atom is 0.170 e. The summed E-state index contributed by atoms with van der Waals surface area (Å²) in [5.74, 6) is 2.34. The molecule has 0 N–H and O–H groups in total. The second-order valence-electron chi connectivity index (χ2n) is 5.90. The SMILES string of the molecule is COc1cc(C(C)=O)ccc1OCc1csc(-c2cccc(OC)c2OC)n1. The minimum absolute atomic E-state index is 0.0266. The highest BCUT2D eigenvalue weighted by Crippen LogP contribution is 2.39. The van der Waals surface area contributed by atoms with Gasteiger partial charge in [0.15, 0.2) is 28.8 Å². The lowest BCUT2D eigenvalue weighted by atomic mass is 10.1. The van der Waals surface area contributed by atoms with Crippen molar-refractivity contribution in [1.82, 2.24) is 4.98 Å². The van der Waals surface area contributed by atoms with Crippen LogP contribution in [-0.4, -0.2) is 32.1 Å². The van der Waals surface area contributed by atoms with Crippen LogP contribution in [0.2, 0.25) is 0 Å². The number of Topliss-reactive ketones (excluding diaryl/α,β-unsaturated/α-hetero) is 1. The van der Waals surface area contributed by atoms with Crippen LogP contribution in [0.5, 0.6) is 23.0 Å². The third-order valence-electron chi connectivity index (χ3n) is 4.13. The van der Waals surface area contributed by atoms with Gasteiger partial charge in [-0.1, -0.05) is 6.07 Å². The van der Waals surface area contributed by atoms with E-state index in [1.165, 1.54) is 18.3 Å². The average Bonchev–Trinajstić information content (AvgIpc) is 3.20. The van der Waals surface area contributed by atoms with E-state index in [1.807, 2.05) is 23.6 Å². The summed E-state index contributed by atoms with van der Waals surface area (Å²) in [5.41, 5.74) is 2.22. The highest BCUT2D eigenvalue weighted by Gasteiger charge is 2.15. The fourth-order valence-electron chi connectivity index (χ4n) is 2.71. The van der Waals surface area contributed by atoms with Crippen molar-refractivity contribution in [3.05, 3.63) is 53.0 Å². The summed E-state index contributed by atoms with van der Waals surface area (Å²) in [6, 6.07) is 10.8. The van der Waals surface area contributed by atoms with E-state index in [9.17, 15) is 4.79 Å². The Morgan fingerprint density at radius 3 is 2.46 bits per heavy atom. The summed E-state index contributed by atoms with van der Waals surface area (Å²) in [6.07, 6.45) is 0. The lowest BCUT2D eigenvalue weighted by Gasteiger charge is -2.11. The van der Waals surface area contributed by atoms with Crippen LogP contribution in [-0.2, 0) is 6.61 Å². The first-order chi connectivity index (χ1) is 13.6. The minimum Gasteiger partial charge on any atom is -0.493 e. The molecule has 0 aliphatic carbocycles. The zero-order chi connectivity index (χ0) is 20.1. The van der Waals surface area contributed by atoms with Crippen LogP contribution in [0.4, 0.5) is 0 Å². The number of para-hydroxylation sites is 1. The molecule has 0 bridgehead atoms. The van der Waals surface area contributed by atoms with Crippen LogP contribution in [0.15, 0.2) is 41.8 Å². The van der Waals surface area contributed by atoms with E-state index < -0.39 is 0 Å². The molecule has 146 valence electrons. The topological polar surface area (TPSA) is 66.9 Å². The molecular formula is C21H21NO5S. The molecule has 0 saturated heterocycles. The van der Waals surface area contributed by atoms with Gasteiger partial charge in [0.25, 0.3) is 0 Å². The summed E-state index contributed by atoms with van der Waals surface area (Å²) >= 11 is 1.50. The van der Waals surface area contributed by atoms with Gasteiger partial charge in [-0.15, -0.1) is 11.3 Å². The Labute approximate surface area is 167 Å². The van der Waals surface area contributed by atoms with Gasteiger partial charge >= 0.3 is 0 Å². The fraction of sp³-hybridized carbons (Fsp3) is 0.238. The zero-order valence-electron chi connectivity index (χ0n) is 16.1. The van der Waals surface area contributed by atoms with Crippen molar-refractivity contribution in [2.75, 3.05) is 21.3 Å². The van der Waals surface area contributed by atoms with E-state index in [-0.39, 0.29) is 12.4 Å². The molecule has 0 atom stereocenters. The Morgan fingerprint density at radius 2 is 1.79 bits per heavy atom. The summed E-state index contributed by atoms with van der Waals surface area (Å²) in [5, 5.41) is 2.75. The molecular weight excluding hydrogens is 378 g/mol. The zero-order valence-corrected chi connectivity index (χ0v) is 17.0. The normalized spacial score (nSPS) is 10.4. The number of carbonyl (C=O) groups is 1. The first kappa shape index (κ1) is 19.7. The number of carbonyl (C=O) groups excluding carboxylic acids is 1. The monoisotopic (exact) mass is 399 g/mol. The van der Waals surface area contributed by atoms with Crippen molar-refractivity contribution in [1.29, 1.82) is 0 Å². The van der Waals surface area contributed by atoms with Crippen molar-refractivity contribution < 1.29 is 23.7 Å². The highest BCUT2D eigenvalue weighted by atomic mass is 32.1. The third kappa shape index (κ3) is 4.09. The van der Waals surface area contributed by atoms with E-state index in [4.69, 9.17) is 18.9 Å². The van der Waals surface area contributed by atoms with Crippen molar-refractivity contribution >= 4 is 17.1 Å². The smallest absolute Gasteiger partial charge is 0.170 e. The molecule has 1 heterocycles. The molecule has 0 spiro atoms. The second kappa shape index (κ2) is 8.75. The molecule has 0 aliphatic rings. The van der Waals surface area contributed by atoms with Crippen LogP contribution < -0.4 is 18.9 Å². The molecule has 0 fully saturated rings. The van der Waals surface area contributed by atoms with Crippen LogP contribution in [0.25, 0.3) is 10.6 Å². The molecule has 1 aromatic heterocycles. The van der Waals surface area contributed by atoms with E-state index >= 15 is 0 Å². The molecule has 6 nitrogen and oxygen atoms in total. The lowest BCUT2D eigenvalue weighted by molar-refractivity contribution is 0.101. The number of aromatic nitrogens is 1. The Hall–Kier alpha value is -3.06. The van der Waals surface area contributed by atoms with Gasteiger partial charge in [0, 0.05) is 10.9 Å². The number of methoxy groups -OCH3 is 3. The van der Waals surface area contributed by atoms with Crippen LogP contribution in [0, 0.1) is 0 Å². The number of hydrogen-bond acceptors (Lipinski definition) is 7. The van der Waals surface area contributed by atoms with Crippen LogP contribution in [0.1, 0.15) is 23.0 Å². The molecule has 0 amide bonds. The van der Waals surface area contributed by atoms with Gasteiger partial charge in [0.2, 0.25) is 0 Å². The van der Waals surface area contributed by atoms with Gasteiger partial charge in [0.05, 0.1) is 32.6 Å². The van der Waals surface area contributed by atoms with Gasteiger partial charge in [-0.25, -0.2) is 4.98 Å². The first-order valence-corrected chi connectivity index (χ1v) is 9.43. The summed E-state index contributed by atoms with van der Waals surface area (Å²) in [4.78, 5) is 16.2. The molecule has 0 saturated carbocycles. The van der Waals surface area contributed by atoms with Crippen molar-refractivity contribution in [2.24, 2.45) is 0 Å². The molecule has 0 radical (unpaired) electrons. The fourth-order valence-corrected chi connectivity index (χ4v) is 3.54. The number of nitrogens with zero attached hydrogens (tertiary/aromatic N) is 1. The highest BCUT2D eigenvalue weighted by molar-refractivity contribution is 7.13. The summed E-state index contributed by atoms with van der Waals surface area (Å²) < 4.78 is 22.0. The summed E-state index contributed by atoms with van der Waals surface area (Å²) in [7, 11) is 4.76. The number of thiazole rings is 1. The molecule has 2 aromatic carbocycles. The standard InChI is InChI=1S/C21H21NO5S/c1-13(23)14-8-9-17(19(10-14)25-3)27-11-15-12-28-21(22-15)16-6-5-7-18(24-2)20(16)26-4/h5-10,12H,11H2,1-4H3. The predicted molar refractivity (Wildman–Crippen MR) is 108 cm³/mol.